The highest BCUT2D eigenvalue weighted by Gasteiger charge is 2.26. The van der Waals surface area contributed by atoms with Crippen LogP contribution in [0.4, 0.5) is 10.7 Å². The SMILES string of the molecule is CCC(CC)Nc1sc(C(=O)OC)c(N)c1C(=O)NC. The summed E-state index contributed by atoms with van der Waals surface area (Å²) in [4.78, 5) is 23.9. The normalized spacial score (nSPS) is 10.4. The third kappa shape index (κ3) is 3.22. The van der Waals surface area contributed by atoms with Crippen LogP contribution in [0.15, 0.2) is 0 Å². The number of nitrogens with one attached hydrogen (secondary N) is 2. The molecule has 0 aromatic carbocycles. The predicted molar refractivity (Wildman–Crippen MR) is 81.5 cm³/mol. The van der Waals surface area contributed by atoms with E-state index in [-0.39, 0.29) is 22.5 Å². The first-order valence-electron chi connectivity index (χ1n) is 6.49. The quantitative estimate of drug-likeness (QED) is 0.699. The summed E-state index contributed by atoms with van der Waals surface area (Å²) < 4.78 is 4.69. The molecule has 112 valence electrons. The molecule has 0 bridgehead atoms. The van der Waals surface area contributed by atoms with Gasteiger partial charge in [-0.1, -0.05) is 13.8 Å². The second-order valence-electron chi connectivity index (χ2n) is 4.28. The topological polar surface area (TPSA) is 93.4 Å². The number of nitrogen functional groups attached to an aromatic ring is 1. The second-order valence-corrected chi connectivity index (χ2v) is 5.30. The summed E-state index contributed by atoms with van der Waals surface area (Å²) in [7, 11) is 2.81. The van der Waals surface area contributed by atoms with Gasteiger partial charge in [0.05, 0.1) is 18.4 Å². The number of nitrogens with two attached hydrogens (primary N) is 1. The lowest BCUT2D eigenvalue weighted by Gasteiger charge is -2.15. The maximum absolute atomic E-state index is 12.0. The number of hydrogen-bond donors (Lipinski definition) is 3. The van der Waals surface area contributed by atoms with Gasteiger partial charge in [0.1, 0.15) is 9.88 Å². The van der Waals surface area contributed by atoms with E-state index in [1.165, 1.54) is 14.2 Å². The van der Waals surface area contributed by atoms with Gasteiger partial charge >= 0.3 is 5.97 Å². The molecular weight excluding hydrogens is 278 g/mol. The highest BCUT2D eigenvalue weighted by atomic mass is 32.1. The van der Waals surface area contributed by atoms with Gasteiger partial charge in [0, 0.05) is 13.1 Å². The zero-order chi connectivity index (χ0) is 15.3. The molecule has 0 radical (unpaired) electrons. The van der Waals surface area contributed by atoms with Gasteiger partial charge < -0.3 is 21.1 Å². The Morgan fingerprint density at radius 3 is 2.40 bits per heavy atom. The lowest BCUT2D eigenvalue weighted by Crippen LogP contribution is -2.23. The molecule has 0 aliphatic carbocycles. The molecule has 1 amide bonds. The summed E-state index contributed by atoms with van der Waals surface area (Å²) >= 11 is 1.15. The van der Waals surface area contributed by atoms with Crippen LogP contribution in [-0.2, 0) is 4.74 Å². The molecule has 0 unspecified atom stereocenters. The molecule has 0 fully saturated rings. The van der Waals surface area contributed by atoms with Gasteiger partial charge in [0.25, 0.3) is 5.91 Å². The van der Waals surface area contributed by atoms with Crippen LogP contribution in [0.2, 0.25) is 0 Å². The molecule has 7 heteroatoms. The smallest absolute Gasteiger partial charge is 0.350 e. The van der Waals surface area contributed by atoms with Crippen LogP contribution in [0.25, 0.3) is 0 Å². The Morgan fingerprint density at radius 1 is 1.35 bits per heavy atom. The van der Waals surface area contributed by atoms with Crippen molar-refractivity contribution >= 4 is 33.9 Å². The van der Waals surface area contributed by atoms with Crippen molar-refractivity contribution in [1.29, 1.82) is 0 Å². The van der Waals surface area contributed by atoms with E-state index >= 15 is 0 Å². The van der Waals surface area contributed by atoms with Gasteiger partial charge in [0.2, 0.25) is 0 Å². The Kier molecular flexibility index (Phi) is 5.82. The van der Waals surface area contributed by atoms with Gasteiger partial charge in [-0.3, -0.25) is 4.79 Å². The van der Waals surface area contributed by atoms with E-state index in [9.17, 15) is 9.59 Å². The standard InChI is InChI=1S/C13H21N3O3S/c1-5-7(6-2)16-12-8(11(17)15-3)9(14)10(20-12)13(18)19-4/h7,16H,5-6,14H2,1-4H3,(H,15,17). The molecule has 1 heterocycles. The Hall–Kier alpha value is -1.76. The van der Waals surface area contributed by atoms with E-state index in [2.05, 4.69) is 29.2 Å². The molecule has 0 aliphatic rings. The average molecular weight is 299 g/mol. The van der Waals surface area contributed by atoms with Crippen molar-refractivity contribution in [2.45, 2.75) is 32.7 Å². The summed E-state index contributed by atoms with van der Waals surface area (Å²) in [5.74, 6) is -0.849. The Morgan fingerprint density at radius 2 is 1.95 bits per heavy atom. The first kappa shape index (κ1) is 16.3. The van der Waals surface area contributed by atoms with Crippen molar-refractivity contribution in [2.75, 3.05) is 25.2 Å². The van der Waals surface area contributed by atoms with Crippen molar-refractivity contribution in [1.82, 2.24) is 5.32 Å². The van der Waals surface area contributed by atoms with Crippen LogP contribution in [0, 0.1) is 0 Å². The fourth-order valence-corrected chi connectivity index (χ4v) is 2.93. The summed E-state index contributed by atoms with van der Waals surface area (Å²) in [6.45, 7) is 4.11. The molecule has 1 aromatic heterocycles. The monoisotopic (exact) mass is 299 g/mol. The van der Waals surface area contributed by atoms with E-state index in [1.807, 2.05) is 0 Å². The minimum atomic E-state index is -0.532. The van der Waals surface area contributed by atoms with E-state index in [4.69, 9.17) is 5.73 Å². The number of methoxy groups -OCH3 is 1. The van der Waals surface area contributed by atoms with Crippen LogP contribution in [0.1, 0.15) is 46.7 Å². The maximum Gasteiger partial charge on any atom is 0.350 e. The summed E-state index contributed by atoms with van der Waals surface area (Å²) in [5.41, 5.74) is 6.40. The van der Waals surface area contributed by atoms with Gasteiger partial charge in [-0.25, -0.2) is 4.79 Å². The molecule has 0 spiro atoms. The van der Waals surface area contributed by atoms with Gasteiger partial charge in [-0.05, 0) is 12.8 Å². The molecule has 0 atom stereocenters. The van der Waals surface area contributed by atoms with E-state index in [0.717, 1.165) is 24.2 Å². The number of hydrogen-bond acceptors (Lipinski definition) is 6. The van der Waals surface area contributed by atoms with Gasteiger partial charge in [-0.2, -0.15) is 0 Å². The van der Waals surface area contributed by atoms with Gasteiger partial charge in [-0.15, -0.1) is 11.3 Å². The third-order valence-corrected chi connectivity index (χ3v) is 4.21. The molecule has 20 heavy (non-hydrogen) atoms. The Labute approximate surface area is 122 Å². The van der Waals surface area contributed by atoms with Crippen molar-refractivity contribution in [2.24, 2.45) is 0 Å². The molecule has 4 N–H and O–H groups in total. The number of rotatable bonds is 6. The van der Waals surface area contributed by atoms with Crippen molar-refractivity contribution in [3.63, 3.8) is 0 Å². The fourth-order valence-electron chi connectivity index (χ4n) is 1.82. The number of amides is 1. The minimum Gasteiger partial charge on any atom is -0.465 e. The van der Waals surface area contributed by atoms with Crippen molar-refractivity contribution in [3.8, 4) is 0 Å². The molecule has 1 rings (SSSR count). The van der Waals surface area contributed by atoms with E-state index in [0.29, 0.717) is 10.6 Å². The molecular formula is C13H21N3O3S. The Balaban J connectivity index is 3.26. The molecule has 6 nitrogen and oxygen atoms in total. The maximum atomic E-state index is 12.0. The number of esters is 1. The predicted octanol–water partition coefficient (Wildman–Crippen LogP) is 2.08. The van der Waals surface area contributed by atoms with Gasteiger partial charge in [0.15, 0.2) is 0 Å². The highest BCUT2D eigenvalue weighted by Crippen LogP contribution is 2.37. The first-order chi connectivity index (χ1) is 9.49. The van der Waals surface area contributed by atoms with Crippen LogP contribution < -0.4 is 16.4 Å². The van der Waals surface area contributed by atoms with Crippen molar-refractivity contribution < 1.29 is 14.3 Å². The van der Waals surface area contributed by atoms with Crippen LogP contribution in [0.3, 0.4) is 0 Å². The first-order valence-corrected chi connectivity index (χ1v) is 7.30. The number of carbonyl (C=O) groups excluding carboxylic acids is 2. The second kappa shape index (κ2) is 7.14. The highest BCUT2D eigenvalue weighted by molar-refractivity contribution is 7.19. The number of thiophene rings is 1. The zero-order valence-corrected chi connectivity index (χ0v) is 13.0. The van der Waals surface area contributed by atoms with Crippen LogP contribution in [0.5, 0.6) is 0 Å². The number of carbonyl (C=O) groups is 2. The van der Waals surface area contributed by atoms with Crippen LogP contribution >= 0.6 is 11.3 Å². The lowest BCUT2D eigenvalue weighted by atomic mass is 10.1. The Bertz CT molecular complexity index is 495. The third-order valence-electron chi connectivity index (χ3n) is 3.09. The molecule has 1 aromatic rings. The van der Waals surface area contributed by atoms with E-state index in [1.54, 1.807) is 0 Å². The average Bonchev–Trinajstić information content (AvgIpc) is 2.79. The summed E-state index contributed by atoms with van der Waals surface area (Å²) in [6.07, 6.45) is 1.82. The number of anilines is 2. The van der Waals surface area contributed by atoms with Crippen LogP contribution in [-0.4, -0.2) is 32.1 Å². The van der Waals surface area contributed by atoms with E-state index < -0.39 is 5.97 Å². The molecule has 0 saturated heterocycles. The number of ether oxygens (including phenoxy) is 1. The minimum absolute atomic E-state index is 0.162. The fraction of sp³-hybridized carbons (Fsp3) is 0.538. The zero-order valence-electron chi connectivity index (χ0n) is 12.2. The van der Waals surface area contributed by atoms with Crippen molar-refractivity contribution in [3.05, 3.63) is 10.4 Å². The summed E-state index contributed by atoms with van der Waals surface area (Å²) in [5, 5.41) is 6.42. The lowest BCUT2D eigenvalue weighted by molar-refractivity contribution is 0.0607. The molecule has 0 saturated carbocycles. The summed E-state index contributed by atoms with van der Waals surface area (Å²) in [6, 6.07) is 0.224. The molecule has 0 aliphatic heterocycles. The largest absolute Gasteiger partial charge is 0.465 e.